The van der Waals surface area contributed by atoms with E-state index in [0.717, 1.165) is 12.1 Å². The third kappa shape index (κ3) is 4.54. The van der Waals surface area contributed by atoms with Crippen molar-refractivity contribution in [3.05, 3.63) is 23.0 Å². The smallest absolute Gasteiger partial charge is 0.243 e. The summed E-state index contributed by atoms with van der Waals surface area (Å²) in [6.45, 7) is 5.26. The molecule has 4 N–H and O–H groups in total. The van der Waals surface area contributed by atoms with E-state index in [1.165, 1.54) is 0 Å². The number of anilines is 1. The Kier molecular flexibility index (Phi) is 5.60. The van der Waals surface area contributed by atoms with Crippen LogP contribution in [0.15, 0.2) is 17.0 Å². The molecular formula is C13H20ClFN2O3S. The normalized spacial score (nSPS) is 14.2. The molecule has 1 unspecified atom stereocenters. The first-order chi connectivity index (χ1) is 9.49. The number of sulfonamides is 1. The van der Waals surface area contributed by atoms with Gasteiger partial charge in [0.2, 0.25) is 10.0 Å². The molecule has 0 aliphatic carbocycles. The van der Waals surface area contributed by atoms with Crippen LogP contribution in [0.25, 0.3) is 0 Å². The van der Waals surface area contributed by atoms with Crippen LogP contribution in [0.3, 0.4) is 0 Å². The first kappa shape index (κ1) is 18.2. The van der Waals surface area contributed by atoms with Gasteiger partial charge in [-0.2, -0.15) is 0 Å². The van der Waals surface area contributed by atoms with E-state index in [-0.39, 0.29) is 23.7 Å². The lowest BCUT2D eigenvalue weighted by Crippen LogP contribution is -2.44. The number of halogens is 2. The zero-order valence-corrected chi connectivity index (χ0v) is 13.7. The molecule has 1 rings (SSSR count). The molecule has 1 aromatic carbocycles. The van der Waals surface area contributed by atoms with Crippen molar-refractivity contribution in [2.75, 3.05) is 12.3 Å². The van der Waals surface area contributed by atoms with Crippen molar-refractivity contribution >= 4 is 27.3 Å². The van der Waals surface area contributed by atoms with Crippen LogP contribution in [0.1, 0.15) is 27.2 Å². The largest absolute Gasteiger partial charge is 0.396 e. The van der Waals surface area contributed by atoms with Gasteiger partial charge in [-0.05, 0) is 24.0 Å². The number of hydrogen-bond donors (Lipinski definition) is 3. The minimum absolute atomic E-state index is 0.0312. The lowest BCUT2D eigenvalue weighted by molar-refractivity contribution is 0.214. The van der Waals surface area contributed by atoms with Gasteiger partial charge < -0.3 is 10.8 Å². The van der Waals surface area contributed by atoms with Gasteiger partial charge in [-0.1, -0.05) is 32.4 Å². The summed E-state index contributed by atoms with van der Waals surface area (Å²) in [5, 5.41) is 9.09. The molecule has 0 spiro atoms. The average Bonchev–Trinajstić information content (AvgIpc) is 2.31. The summed E-state index contributed by atoms with van der Waals surface area (Å²) in [5.74, 6) is -1.04. The second kappa shape index (κ2) is 6.48. The van der Waals surface area contributed by atoms with E-state index in [2.05, 4.69) is 4.72 Å². The number of nitrogen functional groups attached to an aromatic ring is 1. The molecule has 0 heterocycles. The van der Waals surface area contributed by atoms with Gasteiger partial charge in [0.25, 0.3) is 0 Å². The van der Waals surface area contributed by atoms with Crippen molar-refractivity contribution in [1.82, 2.24) is 4.72 Å². The molecule has 5 nitrogen and oxygen atoms in total. The Bertz CT molecular complexity index is 615. The molecule has 0 aliphatic rings. The molecule has 8 heteroatoms. The fourth-order valence-corrected chi connectivity index (χ4v) is 3.73. The summed E-state index contributed by atoms with van der Waals surface area (Å²) in [5.41, 5.74) is 4.62. The highest BCUT2D eigenvalue weighted by molar-refractivity contribution is 7.89. The summed E-state index contributed by atoms with van der Waals surface area (Å²) in [6.07, 6.45) is 0.209. The summed E-state index contributed by atoms with van der Waals surface area (Å²) >= 11 is 5.74. The predicted molar refractivity (Wildman–Crippen MR) is 81.1 cm³/mol. The van der Waals surface area contributed by atoms with E-state index in [1.54, 1.807) is 0 Å². The predicted octanol–water partition coefficient (Wildman–Crippen LogP) is 2.14. The van der Waals surface area contributed by atoms with E-state index in [9.17, 15) is 12.8 Å². The van der Waals surface area contributed by atoms with Gasteiger partial charge in [-0.15, -0.1) is 0 Å². The monoisotopic (exact) mass is 338 g/mol. The molecule has 21 heavy (non-hydrogen) atoms. The first-order valence-electron chi connectivity index (χ1n) is 6.36. The van der Waals surface area contributed by atoms with Crippen molar-refractivity contribution in [3.63, 3.8) is 0 Å². The van der Waals surface area contributed by atoms with E-state index in [4.69, 9.17) is 22.4 Å². The molecule has 0 bridgehead atoms. The number of aliphatic hydroxyl groups excluding tert-OH is 1. The Morgan fingerprint density at radius 1 is 1.43 bits per heavy atom. The SMILES string of the molecule is CC(C)(C)C(CCO)NS(=O)(=O)c1cc(Cl)cc(N)c1F. The third-order valence-electron chi connectivity index (χ3n) is 3.08. The van der Waals surface area contributed by atoms with Gasteiger partial charge in [0, 0.05) is 17.7 Å². The number of hydrogen-bond acceptors (Lipinski definition) is 4. The van der Waals surface area contributed by atoms with Crippen LogP contribution < -0.4 is 10.5 Å². The van der Waals surface area contributed by atoms with E-state index < -0.39 is 32.2 Å². The molecule has 0 amide bonds. The minimum atomic E-state index is -4.14. The van der Waals surface area contributed by atoms with Gasteiger partial charge >= 0.3 is 0 Å². The zero-order valence-electron chi connectivity index (χ0n) is 12.2. The van der Waals surface area contributed by atoms with Crippen LogP contribution in [-0.2, 0) is 10.0 Å². The van der Waals surface area contributed by atoms with Crippen molar-refractivity contribution in [3.8, 4) is 0 Å². The quantitative estimate of drug-likeness (QED) is 0.717. The standard InChI is InChI=1S/C13H20ClFN2O3S/c1-13(2,3)11(4-5-18)17-21(19,20)10-7-8(14)6-9(16)12(10)15/h6-7,11,17-18H,4-5,16H2,1-3H3. The maximum Gasteiger partial charge on any atom is 0.243 e. The Hall–Kier alpha value is -0.890. The summed E-state index contributed by atoms with van der Waals surface area (Å²) < 4.78 is 41.0. The van der Waals surface area contributed by atoms with Crippen LogP contribution in [0.4, 0.5) is 10.1 Å². The highest BCUT2D eigenvalue weighted by atomic mass is 35.5. The molecule has 0 aromatic heterocycles. The number of nitrogens with one attached hydrogen (secondary N) is 1. The van der Waals surface area contributed by atoms with E-state index in [1.807, 2.05) is 20.8 Å². The van der Waals surface area contributed by atoms with Gasteiger partial charge in [0.05, 0.1) is 5.69 Å². The van der Waals surface area contributed by atoms with Gasteiger partial charge in [0.1, 0.15) is 4.90 Å². The van der Waals surface area contributed by atoms with Crippen LogP contribution in [-0.4, -0.2) is 26.2 Å². The minimum Gasteiger partial charge on any atom is -0.396 e. The van der Waals surface area contributed by atoms with Crippen LogP contribution in [0.2, 0.25) is 5.02 Å². The molecule has 0 saturated carbocycles. The second-order valence-electron chi connectivity index (χ2n) is 5.86. The average molecular weight is 339 g/mol. The van der Waals surface area contributed by atoms with E-state index in [0.29, 0.717) is 0 Å². The van der Waals surface area contributed by atoms with Crippen molar-refractivity contribution in [2.45, 2.75) is 38.1 Å². The Balaban J connectivity index is 3.23. The van der Waals surface area contributed by atoms with Crippen molar-refractivity contribution in [1.29, 1.82) is 0 Å². The Morgan fingerprint density at radius 2 is 2.00 bits per heavy atom. The fourth-order valence-electron chi connectivity index (χ4n) is 1.83. The van der Waals surface area contributed by atoms with Gasteiger partial charge in [-0.3, -0.25) is 0 Å². The third-order valence-corrected chi connectivity index (χ3v) is 4.77. The topological polar surface area (TPSA) is 92.4 Å². The maximum atomic E-state index is 14.0. The van der Waals surface area contributed by atoms with Gasteiger partial charge in [-0.25, -0.2) is 17.5 Å². The van der Waals surface area contributed by atoms with Gasteiger partial charge in [0.15, 0.2) is 5.82 Å². The second-order valence-corrected chi connectivity index (χ2v) is 7.98. The molecule has 1 atom stereocenters. The van der Waals surface area contributed by atoms with E-state index >= 15 is 0 Å². The fraction of sp³-hybridized carbons (Fsp3) is 0.538. The zero-order chi connectivity index (χ0) is 16.4. The van der Waals surface area contributed by atoms with Crippen LogP contribution in [0, 0.1) is 11.2 Å². The molecule has 0 aliphatic heterocycles. The Morgan fingerprint density at radius 3 is 2.48 bits per heavy atom. The first-order valence-corrected chi connectivity index (χ1v) is 8.23. The number of aliphatic hydroxyl groups is 1. The molecule has 0 fully saturated rings. The van der Waals surface area contributed by atoms with Crippen molar-refractivity contribution in [2.24, 2.45) is 5.41 Å². The maximum absolute atomic E-state index is 14.0. The molecule has 1 aromatic rings. The molecule has 0 saturated heterocycles. The van der Waals surface area contributed by atoms with Crippen LogP contribution >= 0.6 is 11.6 Å². The lowest BCUT2D eigenvalue weighted by Gasteiger charge is -2.30. The summed E-state index contributed by atoms with van der Waals surface area (Å²) in [7, 11) is -4.14. The number of rotatable bonds is 5. The molecule has 0 radical (unpaired) electrons. The summed E-state index contributed by atoms with van der Waals surface area (Å²) in [6, 6.07) is 1.59. The lowest BCUT2D eigenvalue weighted by atomic mass is 9.86. The summed E-state index contributed by atoms with van der Waals surface area (Å²) in [4.78, 5) is -0.598. The molecule has 120 valence electrons. The molecular weight excluding hydrogens is 319 g/mol. The highest BCUT2D eigenvalue weighted by Crippen LogP contribution is 2.28. The Labute approximate surface area is 129 Å². The highest BCUT2D eigenvalue weighted by Gasteiger charge is 2.31. The van der Waals surface area contributed by atoms with Crippen LogP contribution in [0.5, 0.6) is 0 Å². The number of benzene rings is 1. The number of nitrogens with two attached hydrogens (primary N) is 1. The van der Waals surface area contributed by atoms with Crippen molar-refractivity contribution < 1.29 is 17.9 Å².